The van der Waals surface area contributed by atoms with Crippen LogP contribution in [0.15, 0.2) is 34.9 Å². The predicted octanol–water partition coefficient (Wildman–Crippen LogP) is 3.09. The number of carbonyl (C=O) groups excluding carboxylic acids is 1. The first kappa shape index (κ1) is 23.4. The van der Waals surface area contributed by atoms with Gasteiger partial charge < -0.3 is 14.5 Å². The van der Waals surface area contributed by atoms with E-state index in [4.69, 9.17) is 9.15 Å². The summed E-state index contributed by atoms with van der Waals surface area (Å²) in [5, 5.41) is 2.94. The molecule has 1 amide bonds. The Morgan fingerprint density at radius 1 is 1.23 bits per heavy atom. The molecule has 7 heteroatoms. The lowest BCUT2D eigenvalue weighted by atomic mass is 10.0. The quantitative estimate of drug-likeness (QED) is 0.627. The monoisotopic (exact) mass is 428 g/mol. The van der Waals surface area contributed by atoms with Gasteiger partial charge in [0, 0.05) is 38.8 Å². The van der Waals surface area contributed by atoms with Crippen LogP contribution >= 0.6 is 0 Å². The van der Waals surface area contributed by atoms with Crippen molar-refractivity contribution in [3.63, 3.8) is 0 Å². The molecule has 1 atom stereocenters. The van der Waals surface area contributed by atoms with Gasteiger partial charge in [0.1, 0.15) is 6.26 Å². The summed E-state index contributed by atoms with van der Waals surface area (Å²) in [4.78, 5) is 21.6. The zero-order valence-electron chi connectivity index (χ0n) is 19.3. The first-order valence-corrected chi connectivity index (χ1v) is 11.2. The van der Waals surface area contributed by atoms with Crippen LogP contribution in [-0.4, -0.2) is 66.1 Å². The maximum absolute atomic E-state index is 12.5. The highest BCUT2D eigenvalue weighted by Gasteiger charge is 2.21. The minimum Gasteiger partial charge on any atom is -0.447 e. The molecule has 0 aliphatic carbocycles. The van der Waals surface area contributed by atoms with E-state index in [-0.39, 0.29) is 5.91 Å². The SMILES string of the molecule is Cc1cccc(CN(Cc2nc(C(=O)NCCN3CCOCC3)co2)C(C)C(C)C)c1. The minimum atomic E-state index is -0.189. The molecular formula is C24H36N4O3. The molecule has 2 heterocycles. The van der Waals surface area contributed by atoms with Gasteiger partial charge in [-0.25, -0.2) is 4.98 Å². The summed E-state index contributed by atoms with van der Waals surface area (Å²) in [6.45, 7) is 14.9. The van der Waals surface area contributed by atoms with Gasteiger partial charge in [-0.2, -0.15) is 0 Å². The first-order valence-electron chi connectivity index (χ1n) is 11.2. The van der Waals surface area contributed by atoms with Crippen LogP contribution in [0.2, 0.25) is 0 Å². The third-order valence-electron chi connectivity index (χ3n) is 5.95. The Morgan fingerprint density at radius 2 is 2.00 bits per heavy atom. The van der Waals surface area contributed by atoms with E-state index in [2.05, 4.69) is 72.1 Å². The molecule has 1 N–H and O–H groups in total. The van der Waals surface area contributed by atoms with Crippen molar-refractivity contribution in [3.8, 4) is 0 Å². The van der Waals surface area contributed by atoms with Crippen molar-refractivity contribution in [1.29, 1.82) is 0 Å². The highest BCUT2D eigenvalue weighted by atomic mass is 16.5. The molecule has 7 nitrogen and oxygen atoms in total. The average molecular weight is 429 g/mol. The molecule has 1 aromatic carbocycles. The number of carbonyl (C=O) groups is 1. The van der Waals surface area contributed by atoms with Crippen LogP contribution < -0.4 is 5.32 Å². The van der Waals surface area contributed by atoms with Gasteiger partial charge in [-0.05, 0) is 25.3 Å². The minimum absolute atomic E-state index is 0.189. The molecular weight excluding hydrogens is 392 g/mol. The van der Waals surface area contributed by atoms with Crippen molar-refractivity contribution in [3.05, 3.63) is 53.2 Å². The number of amides is 1. The Bertz CT molecular complexity index is 830. The van der Waals surface area contributed by atoms with E-state index < -0.39 is 0 Å². The standard InChI is InChI=1S/C24H36N4O3/c1-18(2)20(4)28(15-21-7-5-6-19(3)14-21)16-23-26-22(17-31-23)24(29)25-8-9-27-10-12-30-13-11-27/h5-7,14,17-18,20H,8-13,15-16H2,1-4H3,(H,25,29). The number of aryl methyl sites for hydroxylation is 1. The van der Waals surface area contributed by atoms with Crippen molar-refractivity contribution in [2.24, 2.45) is 5.92 Å². The van der Waals surface area contributed by atoms with Crippen LogP contribution in [0.25, 0.3) is 0 Å². The molecule has 0 spiro atoms. The lowest BCUT2D eigenvalue weighted by molar-refractivity contribution is 0.0383. The molecule has 1 aliphatic heterocycles. The van der Waals surface area contributed by atoms with Gasteiger partial charge in [0.15, 0.2) is 5.69 Å². The van der Waals surface area contributed by atoms with Crippen LogP contribution in [-0.2, 0) is 17.8 Å². The first-order chi connectivity index (χ1) is 14.9. The number of hydrogen-bond donors (Lipinski definition) is 1. The number of hydrogen-bond acceptors (Lipinski definition) is 6. The zero-order valence-corrected chi connectivity index (χ0v) is 19.3. The normalized spacial score (nSPS) is 16.1. The van der Waals surface area contributed by atoms with E-state index in [9.17, 15) is 4.79 Å². The Balaban J connectivity index is 1.57. The number of ether oxygens (including phenoxy) is 1. The molecule has 1 unspecified atom stereocenters. The second-order valence-corrected chi connectivity index (χ2v) is 8.72. The topological polar surface area (TPSA) is 70.8 Å². The van der Waals surface area contributed by atoms with Crippen LogP contribution in [0, 0.1) is 12.8 Å². The van der Waals surface area contributed by atoms with Gasteiger partial charge in [0.2, 0.25) is 5.89 Å². The molecule has 170 valence electrons. The molecule has 1 saturated heterocycles. The van der Waals surface area contributed by atoms with Crippen molar-refractivity contribution in [2.45, 2.75) is 46.8 Å². The fourth-order valence-electron chi connectivity index (χ4n) is 3.71. The van der Waals surface area contributed by atoms with Crippen LogP contribution in [0.4, 0.5) is 0 Å². The fraction of sp³-hybridized carbons (Fsp3) is 0.583. The van der Waals surface area contributed by atoms with Crippen LogP contribution in [0.5, 0.6) is 0 Å². The molecule has 2 aromatic rings. The fourth-order valence-corrected chi connectivity index (χ4v) is 3.71. The lowest BCUT2D eigenvalue weighted by Crippen LogP contribution is -2.41. The molecule has 1 fully saturated rings. The Kier molecular flexibility index (Phi) is 8.63. The van der Waals surface area contributed by atoms with Gasteiger partial charge in [-0.1, -0.05) is 43.7 Å². The maximum atomic E-state index is 12.5. The number of oxazole rings is 1. The van der Waals surface area contributed by atoms with E-state index in [0.717, 1.165) is 39.4 Å². The highest BCUT2D eigenvalue weighted by molar-refractivity contribution is 5.91. The van der Waals surface area contributed by atoms with E-state index in [0.29, 0.717) is 36.6 Å². The summed E-state index contributed by atoms with van der Waals surface area (Å²) in [6.07, 6.45) is 1.46. The Hall–Kier alpha value is -2.22. The van der Waals surface area contributed by atoms with Crippen molar-refractivity contribution < 1.29 is 13.9 Å². The number of benzene rings is 1. The van der Waals surface area contributed by atoms with Gasteiger partial charge in [-0.15, -0.1) is 0 Å². The number of aromatic nitrogens is 1. The van der Waals surface area contributed by atoms with Gasteiger partial charge in [0.05, 0.1) is 19.8 Å². The third-order valence-corrected chi connectivity index (χ3v) is 5.95. The second-order valence-electron chi connectivity index (χ2n) is 8.72. The molecule has 0 radical (unpaired) electrons. The molecule has 1 aromatic heterocycles. The molecule has 3 rings (SSSR count). The number of nitrogens with zero attached hydrogens (tertiary/aromatic N) is 3. The van der Waals surface area contributed by atoms with Crippen molar-refractivity contribution >= 4 is 5.91 Å². The van der Waals surface area contributed by atoms with Gasteiger partial charge in [0.25, 0.3) is 5.91 Å². The van der Waals surface area contributed by atoms with E-state index >= 15 is 0 Å². The van der Waals surface area contributed by atoms with Crippen molar-refractivity contribution in [1.82, 2.24) is 20.1 Å². The van der Waals surface area contributed by atoms with Gasteiger partial charge in [-0.3, -0.25) is 14.6 Å². The average Bonchev–Trinajstić information content (AvgIpc) is 3.22. The van der Waals surface area contributed by atoms with E-state index in [1.807, 2.05) is 0 Å². The Morgan fingerprint density at radius 3 is 2.71 bits per heavy atom. The molecule has 0 bridgehead atoms. The largest absolute Gasteiger partial charge is 0.447 e. The Labute approximate surface area is 185 Å². The van der Waals surface area contributed by atoms with E-state index in [1.54, 1.807) is 0 Å². The number of rotatable bonds is 10. The maximum Gasteiger partial charge on any atom is 0.273 e. The highest BCUT2D eigenvalue weighted by Crippen LogP contribution is 2.18. The third kappa shape index (κ3) is 7.16. The molecule has 1 aliphatic rings. The molecule has 31 heavy (non-hydrogen) atoms. The zero-order chi connectivity index (χ0) is 22.2. The predicted molar refractivity (Wildman–Crippen MR) is 121 cm³/mol. The summed E-state index contributed by atoms with van der Waals surface area (Å²) in [5.74, 6) is 0.867. The lowest BCUT2D eigenvalue weighted by Gasteiger charge is -2.30. The van der Waals surface area contributed by atoms with Crippen LogP contribution in [0.3, 0.4) is 0 Å². The molecule has 0 saturated carbocycles. The van der Waals surface area contributed by atoms with Gasteiger partial charge >= 0.3 is 0 Å². The number of nitrogens with one attached hydrogen (secondary N) is 1. The summed E-state index contributed by atoms with van der Waals surface area (Å²) in [5.41, 5.74) is 2.85. The summed E-state index contributed by atoms with van der Waals surface area (Å²) >= 11 is 0. The summed E-state index contributed by atoms with van der Waals surface area (Å²) < 4.78 is 11.0. The van der Waals surface area contributed by atoms with Crippen LogP contribution in [0.1, 0.15) is 48.3 Å². The van der Waals surface area contributed by atoms with Crippen molar-refractivity contribution in [2.75, 3.05) is 39.4 Å². The second kappa shape index (κ2) is 11.4. The summed E-state index contributed by atoms with van der Waals surface area (Å²) in [6, 6.07) is 8.91. The summed E-state index contributed by atoms with van der Waals surface area (Å²) in [7, 11) is 0. The smallest absolute Gasteiger partial charge is 0.273 e. The van der Waals surface area contributed by atoms with E-state index in [1.165, 1.54) is 17.4 Å². The number of morpholine rings is 1.